The lowest BCUT2D eigenvalue weighted by Crippen LogP contribution is -2.43. The molecule has 1 aromatic carbocycles. The highest BCUT2D eigenvalue weighted by molar-refractivity contribution is 5.82. The van der Waals surface area contributed by atoms with Crippen LogP contribution in [0.3, 0.4) is 0 Å². The Morgan fingerprint density at radius 2 is 2.00 bits per heavy atom. The van der Waals surface area contributed by atoms with Crippen LogP contribution in [0.4, 0.5) is 4.79 Å². The van der Waals surface area contributed by atoms with E-state index < -0.39 is 23.7 Å². The molecule has 0 spiro atoms. The van der Waals surface area contributed by atoms with Gasteiger partial charge in [-0.15, -0.1) is 0 Å². The molecule has 1 amide bonds. The van der Waals surface area contributed by atoms with Gasteiger partial charge in [0, 0.05) is 11.6 Å². The summed E-state index contributed by atoms with van der Waals surface area (Å²) in [5, 5.41) is 12.7. The van der Waals surface area contributed by atoms with E-state index >= 15 is 0 Å². The Morgan fingerprint density at radius 3 is 2.67 bits per heavy atom. The summed E-state index contributed by atoms with van der Waals surface area (Å²) >= 11 is 0. The Morgan fingerprint density at radius 1 is 1.25 bits per heavy atom. The summed E-state index contributed by atoms with van der Waals surface area (Å²) in [6, 6.07) is 8.53. The van der Waals surface area contributed by atoms with Gasteiger partial charge in [0.1, 0.15) is 11.6 Å². The quantitative estimate of drug-likeness (QED) is 0.879. The van der Waals surface area contributed by atoms with Crippen molar-refractivity contribution in [2.24, 2.45) is 0 Å². The van der Waals surface area contributed by atoms with E-state index in [1.165, 1.54) is 0 Å². The van der Waals surface area contributed by atoms with Crippen LogP contribution in [0.1, 0.15) is 32.8 Å². The second-order valence-corrected chi connectivity index (χ2v) is 6.56. The number of carboxylic acid groups (broad SMARTS) is 1. The average Bonchev–Trinajstić information content (AvgIpc) is 2.49. The predicted molar refractivity (Wildman–Crippen MR) is 90.9 cm³/mol. The smallest absolute Gasteiger partial charge is 0.408 e. The van der Waals surface area contributed by atoms with Gasteiger partial charge in [0.05, 0.1) is 5.52 Å². The van der Waals surface area contributed by atoms with Gasteiger partial charge in [0.15, 0.2) is 0 Å². The number of hydrogen-bond acceptors (Lipinski definition) is 4. The molecule has 0 bridgehead atoms. The fourth-order valence-electron chi connectivity index (χ4n) is 2.39. The summed E-state index contributed by atoms with van der Waals surface area (Å²) in [4.78, 5) is 27.5. The van der Waals surface area contributed by atoms with Crippen molar-refractivity contribution in [2.75, 3.05) is 0 Å². The number of hydrogen-bond donors (Lipinski definition) is 2. The van der Waals surface area contributed by atoms with Crippen molar-refractivity contribution < 1.29 is 19.4 Å². The van der Waals surface area contributed by atoms with E-state index in [4.69, 9.17) is 4.74 Å². The van der Waals surface area contributed by atoms with Crippen molar-refractivity contribution in [3.8, 4) is 0 Å². The summed E-state index contributed by atoms with van der Waals surface area (Å²) in [5.41, 5.74) is 1.19. The van der Waals surface area contributed by atoms with Crippen LogP contribution < -0.4 is 5.32 Å². The molecule has 2 rings (SSSR count). The predicted octanol–water partition coefficient (Wildman–Crippen LogP) is 3.15. The van der Waals surface area contributed by atoms with Crippen LogP contribution in [0.2, 0.25) is 0 Å². The van der Waals surface area contributed by atoms with E-state index in [2.05, 4.69) is 10.3 Å². The normalized spacial score (nSPS) is 12.6. The highest BCUT2D eigenvalue weighted by atomic mass is 16.6. The lowest BCUT2D eigenvalue weighted by atomic mass is 10.0. The number of pyridine rings is 1. The molecule has 2 N–H and O–H groups in total. The molecule has 0 fully saturated rings. The number of nitrogens with zero attached hydrogens (tertiary/aromatic N) is 1. The zero-order valence-corrected chi connectivity index (χ0v) is 14.1. The van der Waals surface area contributed by atoms with Crippen molar-refractivity contribution in [3.63, 3.8) is 0 Å². The number of aryl methyl sites for hydroxylation is 1. The van der Waals surface area contributed by atoms with E-state index in [9.17, 15) is 14.7 Å². The minimum absolute atomic E-state index is 0.266. The van der Waals surface area contributed by atoms with Crippen LogP contribution >= 0.6 is 0 Å². The van der Waals surface area contributed by atoms with E-state index in [0.29, 0.717) is 6.42 Å². The molecule has 0 saturated carbocycles. The van der Waals surface area contributed by atoms with Gasteiger partial charge in [-0.1, -0.05) is 18.2 Å². The summed E-state index contributed by atoms with van der Waals surface area (Å²) in [7, 11) is 0. The van der Waals surface area contributed by atoms with E-state index in [0.717, 1.165) is 16.5 Å². The molecular formula is C18H22N2O4. The summed E-state index contributed by atoms with van der Waals surface area (Å²) in [6.45, 7) is 5.18. The van der Waals surface area contributed by atoms with Gasteiger partial charge in [-0.25, -0.2) is 9.59 Å². The maximum Gasteiger partial charge on any atom is 0.408 e. The molecular weight excluding hydrogens is 308 g/mol. The molecule has 24 heavy (non-hydrogen) atoms. The van der Waals surface area contributed by atoms with Gasteiger partial charge in [-0.2, -0.15) is 0 Å². The number of benzene rings is 1. The third kappa shape index (κ3) is 4.94. The highest BCUT2D eigenvalue weighted by Gasteiger charge is 2.23. The molecule has 2 aromatic rings. The van der Waals surface area contributed by atoms with Gasteiger partial charge in [-0.3, -0.25) is 4.98 Å². The maximum absolute atomic E-state index is 11.8. The second kappa shape index (κ2) is 7.29. The van der Waals surface area contributed by atoms with Crippen molar-refractivity contribution in [2.45, 2.75) is 45.3 Å². The Bertz CT molecular complexity index is 732. The van der Waals surface area contributed by atoms with Crippen LogP contribution in [-0.4, -0.2) is 33.8 Å². The van der Waals surface area contributed by atoms with Crippen LogP contribution in [0.25, 0.3) is 10.9 Å². The van der Waals surface area contributed by atoms with Gasteiger partial charge in [-0.05, 0) is 51.3 Å². The lowest BCUT2D eigenvalue weighted by molar-refractivity contribution is -0.139. The zero-order valence-electron chi connectivity index (χ0n) is 14.1. The topological polar surface area (TPSA) is 88.5 Å². The Hall–Kier alpha value is -2.63. The second-order valence-electron chi connectivity index (χ2n) is 6.56. The third-order valence-corrected chi connectivity index (χ3v) is 3.43. The number of amides is 1. The minimum atomic E-state index is -1.08. The molecule has 128 valence electrons. The SMILES string of the molecule is CC(C)(C)OC(=O)N[C@@H](CCc1cccc2ncccc12)C(=O)O. The molecule has 6 nitrogen and oxygen atoms in total. The first-order valence-electron chi connectivity index (χ1n) is 7.81. The Kier molecular flexibility index (Phi) is 5.39. The zero-order chi connectivity index (χ0) is 17.7. The van der Waals surface area contributed by atoms with Crippen molar-refractivity contribution in [3.05, 3.63) is 42.1 Å². The molecule has 1 heterocycles. The molecule has 6 heteroatoms. The molecule has 0 aliphatic rings. The van der Waals surface area contributed by atoms with E-state index in [1.807, 2.05) is 30.3 Å². The number of carbonyl (C=O) groups is 2. The minimum Gasteiger partial charge on any atom is -0.480 e. The lowest BCUT2D eigenvalue weighted by Gasteiger charge is -2.22. The van der Waals surface area contributed by atoms with Gasteiger partial charge in [0.25, 0.3) is 0 Å². The van der Waals surface area contributed by atoms with Crippen LogP contribution in [-0.2, 0) is 16.0 Å². The van der Waals surface area contributed by atoms with E-state index in [1.54, 1.807) is 27.0 Å². The Labute approximate surface area is 140 Å². The monoisotopic (exact) mass is 330 g/mol. The summed E-state index contributed by atoms with van der Waals surface area (Å²) in [6.07, 6.45) is 1.77. The fraction of sp³-hybridized carbons (Fsp3) is 0.389. The van der Waals surface area contributed by atoms with Crippen molar-refractivity contribution in [1.29, 1.82) is 0 Å². The standard InChI is InChI=1S/C18H22N2O4/c1-18(2,3)24-17(23)20-15(16(21)22)10-9-12-6-4-8-14-13(12)7-5-11-19-14/h4-8,11,15H,9-10H2,1-3H3,(H,20,23)(H,21,22)/t15-/m0/s1. The van der Waals surface area contributed by atoms with Crippen LogP contribution in [0.5, 0.6) is 0 Å². The molecule has 0 unspecified atom stereocenters. The summed E-state index contributed by atoms with van der Waals surface area (Å²) < 4.78 is 5.12. The van der Waals surface area contributed by atoms with E-state index in [-0.39, 0.29) is 6.42 Å². The van der Waals surface area contributed by atoms with Crippen molar-refractivity contribution in [1.82, 2.24) is 10.3 Å². The average molecular weight is 330 g/mol. The molecule has 0 saturated heterocycles. The summed E-state index contributed by atoms with van der Waals surface area (Å²) in [5.74, 6) is -1.08. The first-order valence-corrected chi connectivity index (χ1v) is 7.81. The van der Waals surface area contributed by atoms with Gasteiger partial charge >= 0.3 is 12.1 Å². The fourth-order valence-corrected chi connectivity index (χ4v) is 2.39. The van der Waals surface area contributed by atoms with Gasteiger partial charge < -0.3 is 15.2 Å². The van der Waals surface area contributed by atoms with Crippen molar-refractivity contribution >= 4 is 23.0 Å². The maximum atomic E-state index is 11.8. The molecule has 1 atom stereocenters. The molecule has 0 aliphatic heterocycles. The van der Waals surface area contributed by atoms with Crippen LogP contribution in [0, 0.1) is 0 Å². The number of carbonyl (C=O) groups excluding carboxylic acids is 1. The number of alkyl carbamates (subject to hydrolysis) is 1. The molecule has 1 aromatic heterocycles. The number of aromatic nitrogens is 1. The highest BCUT2D eigenvalue weighted by Crippen LogP contribution is 2.18. The third-order valence-electron chi connectivity index (χ3n) is 3.43. The Balaban J connectivity index is 2.06. The number of ether oxygens (including phenoxy) is 1. The number of nitrogens with one attached hydrogen (secondary N) is 1. The largest absolute Gasteiger partial charge is 0.480 e. The number of fused-ring (bicyclic) bond motifs is 1. The van der Waals surface area contributed by atoms with Crippen LogP contribution in [0.15, 0.2) is 36.5 Å². The number of rotatable bonds is 5. The first kappa shape index (κ1) is 17.7. The number of aliphatic carboxylic acids is 1. The first-order chi connectivity index (χ1) is 11.3. The molecule has 0 radical (unpaired) electrons. The number of carboxylic acids is 1. The molecule has 0 aliphatic carbocycles. The van der Waals surface area contributed by atoms with Gasteiger partial charge in [0.2, 0.25) is 0 Å².